The Morgan fingerprint density at radius 3 is 2.68 bits per heavy atom. The molecule has 1 aromatic carbocycles. The molecule has 1 aliphatic heterocycles. The van der Waals surface area contributed by atoms with Gasteiger partial charge < -0.3 is 10.5 Å². The van der Waals surface area contributed by atoms with E-state index < -0.39 is 17.8 Å². The first kappa shape index (κ1) is 22.5. The minimum atomic E-state index is -4.46. The molecule has 1 fully saturated rings. The number of ether oxygens (including phenoxy) is 1. The van der Waals surface area contributed by atoms with Gasteiger partial charge in [0.15, 0.2) is 11.5 Å². The van der Waals surface area contributed by atoms with Crippen molar-refractivity contribution in [3.05, 3.63) is 54.2 Å². The summed E-state index contributed by atoms with van der Waals surface area (Å²) in [5.74, 6) is 0.954. The molecule has 34 heavy (non-hydrogen) atoms. The minimum Gasteiger partial charge on any atom is -0.494 e. The number of hydrogen-bond donors (Lipinski definition) is 1. The van der Waals surface area contributed by atoms with Crippen molar-refractivity contribution in [3.8, 4) is 17.3 Å². The van der Waals surface area contributed by atoms with Crippen LogP contribution >= 0.6 is 0 Å². The van der Waals surface area contributed by atoms with Gasteiger partial charge in [0.05, 0.1) is 7.11 Å². The van der Waals surface area contributed by atoms with Crippen LogP contribution in [0.4, 0.5) is 13.2 Å². The van der Waals surface area contributed by atoms with Crippen LogP contribution in [0.5, 0.6) is 5.75 Å². The summed E-state index contributed by atoms with van der Waals surface area (Å²) >= 11 is 0. The lowest BCUT2D eigenvalue weighted by atomic mass is 9.97. The average molecular weight is 470 g/mol. The number of alkyl halides is 3. The molecule has 3 aromatic heterocycles. The zero-order chi connectivity index (χ0) is 24.1. The monoisotopic (exact) mass is 470 g/mol. The zero-order valence-corrected chi connectivity index (χ0v) is 18.9. The topological polar surface area (TPSA) is 81.6 Å². The second kappa shape index (κ2) is 8.21. The Hall–Kier alpha value is -3.24. The Bertz CT molecular complexity index is 1350. The summed E-state index contributed by atoms with van der Waals surface area (Å²) in [7, 11) is 1.56. The largest absolute Gasteiger partial charge is 0.494 e. The van der Waals surface area contributed by atoms with E-state index in [-0.39, 0.29) is 18.7 Å². The number of nitrogens with zero attached hydrogens (tertiary/aromatic N) is 5. The summed E-state index contributed by atoms with van der Waals surface area (Å²) in [5, 5.41) is 9.24. The van der Waals surface area contributed by atoms with E-state index in [1.165, 1.54) is 17.2 Å². The van der Waals surface area contributed by atoms with E-state index >= 15 is 0 Å². The van der Waals surface area contributed by atoms with Gasteiger partial charge in [-0.2, -0.15) is 13.2 Å². The molecule has 1 aliphatic rings. The highest BCUT2D eigenvalue weighted by Crippen LogP contribution is 2.41. The maximum absolute atomic E-state index is 14.3. The molecule has 5 rings (SSSR count). The molecule has 0 saturated carbocycles. The van der Waals surface area contributed by atoms with Gasteiger partial charge in [0.2, 0.25) is 0 Å². The van der Waals surface area contributed by atoms with Crippen LogP contribution < -0.4 is 10.5 Å². The van der Waals surface area contributed by atoms with E-state index in [1.54, 1.807) is 29.7 Å². The van der Waals surface area contributed by atoms with Crippen molar-refractivity contribution < 1.29 is 17.9 Å². The highest BCUT2D eigenvalue weighted by Gasteiger charge is 2.49. The number of para-hydroxylation sites is 1. The average Bonchev–Trinajstić information content (AvgIpc) is 3.41. The lowest BCUT2D eigenvalue weighted by molar-refractivity contribution is -0.184. The van der Waals surface area contributed by atoms with Crippen molar-refractivity contribution in [3.63, 3.8) is 0 Å². The van der Waals surface area contributed by atoms with Crippen molar-refractivity contribution in [1.82, 2.24) is 24.5 Å². The lowest BCUT2D eigenvalue weighted by Crippen LogP contribution is -2.44. The summed E-state index contributed by atoms with van der Waals surface area (Å²) < 4.78 is 49.8. The second-order valence-corrected chi connectivity index (χ2v) is 8.82. The summed E-state index contributed by atoms with van der Waals surface area (Å²) in [6.07, 6.45) is -1.85. The second-order valence-electron chi connectivity index (χ2n) is 8.82. The van der Waals surface area contributed by atoms with Crippen LogP contribution in [0.2, 0.25) is 0 Å². The number of aromatic nitrogens is 4. The normalized spacial score (nSPS) is 20.3. The van der Waals surface area contributed by atoms with Crippen molar-refractivity contribution in [2.45, 2.75) is 37.5 Å². The number of fused-ring (bicyclic) bond motifs is 2. The van der Waals surface area contributed by atoms with E-state index in [9.17, 15) is 13.2 Å². The van der Waals surface area contributed by atoms with Gasteiger partial charge >= 0.3 is 6.18 Å². The van der Waals surface area contributed by atoms with Crippen molar-refractivity contribution in [1.29, 1.82) is 0 Å². The zero-order valence-electron chi connectivity index (χ0n) is 18.9. The fourth-order valence-corrected chi connectivity index (χ4v) is 4.70. The molecule has 178 valence electrons. The first-order chi connectivity index (χ1) is 16.2. The van der Waals surface area contributed by atoms with Gasteiger partial charge in [-0.1, -0.05) is 31.2 Å². The Kier molecular flexibility index (Phi) is 5.44. The molecule has 0 amide bonds. The van der Waals surface area contributed by atoms with E-state index in [4.69, 9.17) is 10.5 Å². The Labute approximate surface area is 194 Å². The molecule has 0 spiro atoms. The molecule has 0 radical (unpaired) electrons. The number of benzene rings is 1. The number of nitrogens with two attached hydrogens (primary N) is 1. The van der Waals surface area contributed by atoms with Crippen molar-refractivity contribution in [2.24, 2.45) is 5.73 Å². The maximum Gasteiger partial charge on any atom is 0.408 e. The van der Waals surface area contributed by atoms with Gasteiger partial charge in [-0.15, -0.1) is 10.2 Å². The van der Waals surface area contributed by atoms with Gasteiger partial charge in [0, 0.05) is 30.2 Å². The summed E-state index contributed by atoms with van der Waals surface area (Å²) in [5.41, 5.74) is 7.36. The van der Waals surface area contributed by atoms with Gasteiger partial charge in [0.25, 0.3) is 0 Å². The van der Waals surface area contributed by atoms with Crippen LogP contribution in [0.15, 0.2) is 48.7 Å². The molecular weight excluding hydrogens is 445 g/mol. The van der Waals surface area contributed by atoms with Gasteiger partial charge in [0.1, 0.15) is 23.0 Å². The third kappa shape index (κ3) is 3.86. The predicted octanol–water partition coefficient (Wildman–Crippen LogP) is 4.37. The molecule has 4 heterocycles. The molecule has 7 nitrogen and oxygen atoms in total. The standard InChI is InChI=1S/C24H25F3N6O/c1-3-23(28)11-12-32(14-23)21(24(25,26)27)16-8-10-19-30-31-22(33(19)13-16)17-9-7-15-5-4-6-18(34-2)20(15)29-17/h4-10,13,21H,3,11-12,14,28H2,1-2H3/t21-,23?/m0/s1. The fourth-order valence-electron chi connectivity index (χ4n) is 4.70. The third-order valence-corrected chi connectivity index (χ3v) is 6.67. The van der Waals surface area contributed by atoms with Gasteiger partial charge in [-0.3, -0.25) is 9.30 Å². The number of pyridine rings is 2. The molecule has 0 aliphatic carbocycles. The molecule has 4 aromatic rings. The maximum atomic E-state index is 14.3. The molecule has 1 saturated heterocycles. The van der Waals surface area contributed by atoms with Crippen molar-refractivity contribution >= 4 is 16.6 Å². The quantitative estimate of drug-likeness (QED) is 0.467. The van der Waals surface area contributed by atoms with E-state index in [0.29, 0.717) is 41.3 Å². The number of hydrogen-bond acceptors (Lipinski definition) is 6. The summed E-state index contributed by atoms with van der Waals surface area (Å²) in [6.45, 7) is 2.38. The van der Waals surface area contributed by atoms with Crippen LogP contribution in [0, 0.1) is 0 Å². The highest BCUT2D eigenvalue weighted by molar-refractivity contribution is 5.86. The van der Waals surface area contributed by atoms with Crippen LogP contribution in [-0.4, -0.2) is 56.4 Å². The van der Waals surface area contributed by atoms with Gasteiger partial charge in [-0.05, 0) is 36.6 Å². The van der Waals surface area contributed by atoms with E-state index in [0.717, 1.165) is 5.39 Å². The lowest BCUT2D eigenvalue weighted by Gasteiger charge is -2.31. The van der Waals surface area contributed by atoms with E-state index in [2.05, 4.69) is 15.2 Å². The number of rotatable bonds is 5. The van der Waals surface area contributed by atoms with E-state index in [1.807, 2.05) is 25.1 Å². The Morgan fingerprint density at radius 2 is 1.97 bits per heavy atom. The highest BCUT2D eigenvalue weighted by atomic mass is 19.4. The molecule has 0 bridgehead atoms. The summed E-state index contributed by atoms with van der Waals surface area (Å²) in [6, 6.07) is 10.5. The molecular formula is C24H25F3N6O. The minimum absolute atomic E-state index is 0.111. The predicted molar refractivity (Wildman–Crippen MR) is 122 cm³/mol. The Morgan fingerprint density at radius 1 is 1.15 bits per heavy atom. The summed E-state index contributed by atoms with van der Waals surface area (Å²) in [4.78, 5) is 6.10. The molecule has 1 unspecified atom stereocenters. The first-order valence-corrected chi connectivity index (χ1v) is 11.1. The molecule has 2 atom stereocenters. The van der Waals surface area contributed by atoms with Crippen LogP contribution in [0.3, 0.4) is 0 Å². The smallest absolute Gasteiger partial charge is 0.408 e. The van der Waals surface area contributed by atoms with Gasteiger partial charge in [-0.25, -0.2) is 4.98 Å². The number of halogens is 3. The van der Waals surface area contributed by atoms with Crippen LogP contribution in [0.25, 0.3) is 28.1 Å². The molecule has 2 N–H and O–H groups in total. The Balaban J connectivity index is 1.60. The number of methoxy groups -OCH3 is 1. The fraction of sp³-hybridized carbons (Fsp3) is 0.375. The molecule has 10 heteroatoms. The third-order valence-electron chi connectivity index (χ3n) is 6.67. The number of likely N-dealkylation sites (tertiary alicyclic amines) is 1. The van der Waals surface area contributed by atoms with Crippen LogP contribution in [-0.2, 0) is 0 Å². The SMILES string of the molecule is CCC1(N)CCN([C@@H](c2ccc3nnc(-c4ccc5cccc(OC)c5n4)n3c2)C(F)(F)F)C1. The van der Waals surface area contributed by atoms with Crippen molar-refractivity contribution in [2.75, 3.05) is 20.2 Å². The van der Waals surface area contributed by atoms with Crippen LogP contribution in [0.1, 0.15) is 31.4 Å². The first-order valence-electron chi connectivity index (χ1n) is 11.1.